The van der Waals surface area contributed by atoms with Crippen molar-refractivity contribution in [1.82, 2.24) is 10.2 Å². The lowest BCUT2D eigenvalue weighted by Gasteiger charge is -2.33. The van der Waals surface area contributed by atoms with Crippen LogP contribution in [0.4, 0.5) is 0 Å². The van der Waals surface area contributed by atoms with E-state index in [2.05, 4.69) is 12.2 Å². The summed E-state index contributed by atoms with van der Waals surface area (Å²) in [6, 6.07) is 3.51. The molecule has 1 saturated heterocycles. The van der Waals surface area contributed by atoms with Crippen LogP contribution in [-0.2, 0) is 16.0 Å². The van der Waals surface area contributed by atoms with Crippen LogP contribution in [0.1, 0.15) is 28.4 Å². The van der Waals surface area contributed by atoms with Gasteiger partial charge in [0.25, 0.3) is 0 Å². The molecule has 0 radical (unpaired) electrons. The van der Waals surface area contributed by atoms with Gasteiger partial charge in [0.2, 0.25) is 5.91 Å². The van der Waals surface area contributed by atoms with E-state index in [1.165, 1.54) is 4.88 Å². The molecular weight excluding hydrogens is 288 g/mol. The number of ketones is 1. The number of morpholine rings is 1. The quantitative estimate of drug-likeness (QED) is 0.805. The van der Waals surface area contributed by atoms with Gasteiger partial charge in [-0.3, -0.25) is 14.5 Å². The van der Waals surface area contributed by atoms with E-state index in [0.717, 1.165) is 11.3 Å². The summed E-state index contributed by atoms with van der Waals surface area (Å²) in [6.45, 7) is 6.34. The number of aryl methyl sites for hydroxylation is 1. The fraction of sp³-hybridized carbons (Fsp3) is 0.600. The van der Waals surface area contributed by atoms with E-state index in [0.29, 0.717) is 26.3 Å². The molecule has 1 N–H and O–H groups in total. The Balaban J connectivity index is 2.01. The number of ether oxygens (including phenoxy) is 1. The van der Waals surface area contributed by atoms with Crippen LogP contribution in [0.2, 0.25) is 0 Å². The smallest absolute Gasteiger partial charge is 0.239 e. The summed E-state index contributed by atoms with van der Waals surface area (Å²) >= 11 is 1.54. The minimum atomic E-state index is -0.367. The summed E-state index contributed by atoms with van der Waals surface area (Å²) in [5, 5.41) is 2.80. The van der Waals surface area contributed by atoms with Crippen LogP contribution in [0.5, 0.6) is 0 Å². The Morgan fingerprint density at radius 3 is 2.90 bits per heavy atom. The number of thiophene rings is 1. The highest BCUT2D eigenvalue weighted by Crippen LogP contribution is 2.18. The first-order chi connectivity index (χ1) is 10.2. The molecule has 1 aromatic rings. The van der Waals surface area contributed by atoms with Crippen molar-refractivity contribution in [2.45, 2.75) is 26.3 Å². The third kappa shape index (κ3) is 4.12. The third-order valence-electron chi connectivity index (χ3n) is 3.52. The van der Waals surface area contributed by atoms with Gasteiger partial charge in [0, 0.05) is 18.0 Å². The Hall–Kier alpha value is -1.24. The number of nitrogens with zero attached hydrogens (tertiary/aromatic N) is 1. The summed E-state index contributed by atoms with van der Waals surface area (Å²) in [4.78, 5) is 28.3. The first kappa shape index (κ1) is 16.1. The first-order valence-electron chi connectivity index (χ1n) is 7.37. The number of carbonyl (C=O) groups is 2. The second-order valence-corrected chi connectivity index (χ2v) is 6.17. The van der Waals surface area contributed by atoms with Crippen LogP contribution in [0.3, 0.4) is 0 Å². The zero-order valence-electron chi connectivity index (χ0n) is 12.6. The van der Waals surface area contributed by atoms with Crippen molar-refractivity contribution in [1.29, 1.82) is 0 Å². The van der Waals surface area contributed by atoms with Crippen LogP contribution in [0.15, 0.2) is 12.1 Å². The fourth-order valence-electron chi connectivity index (χ4n) is 2.34. The van der Waals surface area contributed by atoms with E-state index in [1.807, 2.05) is 24.0 Å². The maximum Gasteiger partial charge on any atom is 0.239 e. The molecule has 0 aliphatic carbocycles. The predicted molar refractivity (Wildman–Crippen MR) is 82.9 cm³/mol. The molecule has 1 fully saturated rings. The normalized spacial score (nSPS) is 19.4. The van der Waals surface area contributed by atoms with Gasteiger partial charge in [-0.15, -0.1) is 11.3 Å². The number of amides is 1. The highest BCUT2D eigenvalue weighted by molar-refractivity contribution is 7.14. The highest BCUT2D eigenvalue weighted by Gasteiger charge is 2.30. The van der Waals surface area contributed by atoms with Gasteiger partial charge in [0.1, 0.15) is 6.04 Å². The number of rotatable bonds is 6. The molecule has 0 saturated carbocycles. The van der Waals surface area contributed by atoms with Crippen molar-refractivity contribution < 1.29 is 14.3 Å². The number of carbonyl (C=O) groups excluding carboxylic acids is 2. The fourth-order valence-corrected chi connectivity index (χ4v) is 3.22. The molecule has 21 heavy (non-hydrogen) atoms. The van der Waals surface area contributed by atoms with E-state index in [4.69, 9.17) is 4.74 Å². The van der Waals surface area contributed by atoms with Gasteiger partial charge in [0.15, 0.2) is 5.78 Å². The SMILES string of the molecule is CCNC(=O)C1COCCN1CC(=O)c1ccc(CC)s1. The second-order valence-electron chi connectivity index (χ2n) is 5.00. The van der Waals surface area contributed by atoms with Crippen LogP contribution < -0.4 is 5.32 Å². The Bertz CT molecular complexity index is 501. The third-order valence-corrected chi connectivity index (χ3v) is 4.80. The summed E-state index contributed by atoms with van der Waals surface area (Å²) in [6.07, 6.45) is 0.941. The maximum atomic E-state index is 12.4. The predicted octanol–water partition coefficient (Wildman–Crippen LogP) is 1.33. The Morgan fingerprint density at radius 1 is 1.43 bits per heavy atom. The second kappa shape index (κ2) is 7.68. The molecule has 5 nitrogen and oxygen atoms in total. The molecule has 0 aromatic carbocycles. The molecule has 1 aromatic heterocycles. The lowest BCUT2D eigenvalue weighted by atomic mass is 10.2. The Morgan fingerprint density at radius 2 is 2.24 bits per heavy atom. The lowest BCUT2D eigenvalue weighted by molar-refractivity contribution is -0.131. The van der Waals surface area contributed by atoms with Crippen molar-refractivity contribution in [3.05, 3.63) is 21.9 Å². The van der Waals surface area contributed by atoms with Crippen molar-refractivity contribution in [3.63, 3.8) is 0 Å². The largest absolute Gasteiger partial charge is 0.378 e. The zero-order chi connectivity index (χ0) is 15.2. The van der Waals surface area contributed by atoms with Crippen molar-refractivity contribution in [3.8, 4) is 0 Å². The van der Waals surface area contributed by atoms with E-state index >= 15 is 0 Å². The number of Topliss-reactive ketones (excluding diaryl/α,β-unsaturated/α-hetero) is 1. The minimum absolute atomic E-state index is 0.0644. The standard InChI is InChI=1S/C15H22N2O3S/c1-3-11-5-6-14(21-11)13(18)9-17-7-8-20-10-12(17)15(19)16-4-2/h5-6,12H,3-4,7-10H2,1-2H3,(H,16,19). The van der Waals surface area contributed by atoms with Gasteiger partial charge in [-0.25, -0.2) is 0 Å². The van der Waals surface area contributed by atoms with Crippen molar-refractivity contribution in [2.24, 2.45) is 0 Å². The average Bonchev–Trinajstić information content (AvgIpc) is 2.97. The van der Waals surface area contributed by atoms with Gasteiger partial charge < -0.3 is 10.1 Å². The van der Waals surface area contributed by atoms with Crippen LogP contribution in [-0.4, -0.2) is 55.5 Å². The molecule has 1 amide bonds. The van der Waals surface area contributed by atoms with E-state index in [-0.39, 0.29) is 24.3 Å². The van der Waals surface area contributed by atoms with Gasteiger partial charge in [-0.05, 0) is 25.5 Å². The summed E-state index contributed by atoms with van der Waals surface area (Å²) < 4.78 is 5.38. The summed E-state index contributed by atoms with van der Waals surface area (Å²) in [7, 11) is 0. The number of hydrogen-bond acceptors (Lipinski definition) is 5. The molecule has 1 unspecified atom stereocenters. The molecule has 0 spiro atoms. The van der Waals surface area contributed by atoms with Crippen LogP contribution in [0, 0.1) is 0 Å². The molecule has 1 aliphatic rings. The molecule has 1 atom stereocenters. The topological polar surface area (TPSA) is 58.6 Å². The first-order valence-corrected chi connectivity index (χ1v) is 8.18. The Kier molecular flexibility index (Phi) is 5.90. The molecule has 2 rings (SSSR count). The van der Waals surface area contributed by atoms with Crippen LogP contribution >= 0.6 is 11.3 Å². The van der Waals surface area contributed by atoms with E-state index in [1.54, 1.807) is 11.3 Å². The van der Waals surface area contributed by atoms with Gasteiger partial charge in [-0.2, -0.15) is 0 Å². The van der Waals surface area contributed by atoms with Crippen molar-refractivity contribution >= 4 is 23.0 Å². The molecule has 0 bridgehead atoms. The lowest BCUT2D eigenvalue weighted by Crippen LogP contribution is -2.55. The van der Waals surface area contributed by atoms with Gasteiger partial charge in [0.05, 0.1) is 24.6 Å². The Labute approximate surface area is 129 Å². The molecule has 2 heterocycles. The minimum Gasteiger partial charge on any atom is -0.378 e. The van der Waals surface area contributed by atoms with Gasteiger partial charge in [-0.1, -0.05) is 6.92 Å². The summed E-state index contributed by atoms with van der Waals surface area (Å²) in [5.41, 5.74) is 0. The summed E-state index contributed by atoms with van der Waals surface area (Å²) in [5.74, 6) is 0.0151. The highest BCUT2D eigenvalue weighted by atomic mass is 32.1. The zero-order valence-corrected chi connectivity index (χ0v) is 13.4. The number of nitrogens with one attached hydrogen (secondary N) is 1. The number of hydrogen-bond donors (Lipinski definition) is 1. The monoisotopic (exact) mass is 310 g/mol. The number of likely N-dealkylation sites (N-methyl/N-ethyl adjacent to an activating group) is 1. The van der Waals surface area contributed by atoms with Crippen molar-refractivity contribution in [2.75, 3.05) is 32.8 Å². The van der Waals surface area contributed by atoms with E-state index in [9.17, 15) is 9.59 Å². The molecular formula is C15H22N2O3S. The van der Waals surface area contributed by atoms with Gasteiger partial charge >= 0.3 is 0 Å². The molecule has 1 aliphatic heterocycles. The van der Waals surface area contributed by atoms with Crippen LogP contribution in [0.25, 0.3) is 0 Å². The van der Waals surface area contributed by atoms with E-state index < -0.39 is 0 Å². The molecule has 116 valence electrons. The molecule has 6 heteroatoms. The average molecular weight is 310 g/mol. The maximum absolute atomic E-state index is 12.4.